The molecule has 2 aliphatic rings. The van der Waals surface area contributed by atoms with Gasteiger partial charge in [-0.2, -0.15) is 10.2 Å². The summed E-state index contributed by atoms with van der Waals surface area (Å²) in [5, 5.41) is 25.9. The van der Waals surface area contributed by atoms with Gasteiger partial charge in [-0.15, -0.1) is 0 Å². The lowest BCUT2D eigenvalue weighted by Gasteiger charge is -2.46. The second-order valence-corrected chi connectivity index (χ2v) is 12.4. The van der Waals surface area contributed by atoms with E-state index in [2.05, 4.69) is 45.0 Å². The maximum absolute atomic E-state index is 12.9. The first kappa shape index (κ1) is 27.4. The molecule has 9 heteroatoms. The smallest absolute Gasteiger partial charge is 0.292 e. The van der Waals surface area contributed by atoms with Crippen LogP contribution >= 0.6 is 11.8 Å². The Balaban J connectivity index is 1.65. The molecule has 42 heavy (non-hydrogen) atoms. The fourth-order valence-electron chi connectivity index (χ4n) is 5.27. The van der Waals surface area contributed by atoms with Crippen molar-refractivity contribution in [3.05, 3.63) is 135 Å². The van der Waals surface area contributed by atoms with Gasteiger partial charge >= 0.3 is 0 Å². The summed E-state index contributed by atoms with van der Waals surface area (Å²) >= 11 is 1.24. The highest BCUT2D eigenvalue weighted by Gasteiger charge is 2.57. The summed E-state index contributed by atoms with van der Waals surface area (Å²) in [5.74, 6) is -0.238. The van der Waals surface area contributed by atoms with Crippen LogP contribution < -0.4 is 10.0 Å². The second kappa shape index (κ2) is 10.3. The van der Waals surface area contributed by atoms with Crippen molar-refractivity contribution in [2.24, 2.45) is 10.2 Å². The molecule has 0 radical (unpaired) electrons. The number of ketones is 1. The molecule has 210 valence electrons. The number of hydrogen-bond donors (Lipinski definition) is 0. The monoisotopic (exact) mass is 575 g/mol. The van der Waals surface area contributed by atoms with E-state index in [0.717, 1.165) is 28.1 Å². The number of carbonyl (C=O) groups is 1. The summed E-state index contributed by atoms with van der Waals surface area (Å²) in [6, 6.07) is 32.3. The Hall–Kier alpha value is -4.76. The highest BCUT2D eigenvalue weighted by atomic mass is 32.2. The van der Waals surface area contributed by atoms with Crippen molar-refractivity contribution in [3.63, 3.8) is 0 Å². The van der Waals surface area contributed by atoms with Crippen LogP contribution in [0.25, 0.3) is 0 Å². The molecule has 0 N–H and O–H groups in total. The zero-order valence-corrected chi connectivity index (χ0v) is 24.5. The highest BCUT2D eigenvalue weighted by molar-refractivity contribution is 8.17. The van der Waals surface area contributed by atoms with Crippen molar-refractivity contribution in [1.29, 1.82) is 0 Å². The number of thioether (sulfide) groups is 1. The van der Waals surface area contributed by atoms with Crippen LogP contribution in [0.3, 0.4) is 0 Å². The Labute approximate surface area is 248 Å². The maximum Gasteiger partial charge on any atom is 0.294 e. The quantitative estimate of drug-likeness (QED) is 0.182. The number of nitro benzene ring substituents is 1. The second-order valence-electron chi connectivity index (χ2n) is 11.2. The first-order valence-electron chi connectivity index (χ1n) is 13.6. The van der Waals surface area contributed by atoms with Crippen molar-refractivity contribution in [3.8, 4) is 0 Å². The molecule has 0 aromatic heterocycles. The van der Waals surface area contributed by atoms with Gasteiger partial charge in [0.15, 0.2) is 10.8 Å². The van der Waals surface area contributed by atoms with Crippen LogP contribution in [-0.2, 0) is 15.2 Å². The van der Waals surface area contributed by atoms with E-state index >= 15 is 0 Å². The molecule has 1 unspecified atom stereocenters. The summed E-state index contributed by atoms with van der Waals surface area (Å²) in [4.78, 5) is 23.4. The van der Waals surface area contributed by atoms with Crippen molar-refractivity contribution in [1.82, 2.24) is 0 Å². The van der Waals surface area contributed by atoms with Gasteiger partial charge in [0.25, 0.3) is 5.69 Å². The zero-order valence-electron chi connectivity index (χ0n) is 23.7. The van der Waals surface area contributed by atoms with E-state index in [0.29, 0.717) is 0 Å². The topological polar surface area (TPSA) is 91.4 Å². The van der Waals surface area contributed by atoms with Gasteiger partial charge in [0, 0.05) is 29.7 Å². The lowest BCUT2D eigenvalue weighted by molar-refractivity contribution is -0.384. The molecule has 4 aromatic carbocycles. The first-order valence-corrected chi connectivity index (χ1v) is 14.4. The minimum Gasteiger partial charge on any atom is -0.292 e. The number of fused-ring (bicyclic) bond motifs is 2. The third-order valence-electron chi connectivity index (χ3n) is 7.37. The summed E-state index contributed by atoms with van der Waals surface area (Å²) in [6.07, 6.45) is 0. The third-order valence-corrected chi connectivity index (χ3v) is 8.78. The van der Waals surface area contributed by atoms with Crippen LogP contribution in [0.4, 0.5) is 17.1 Å². The highest BCUT2D eigenvalue weighted by Crippen LogP contribution is 2.56. The Morgan fingerprint density at radius 1 is 0.833 bits per heavy atom. The minimum absolute atomic E-state index is 0.00321. The molecular formula is C33H29N5O3S. The van der Waals surface area contributed by atoms with E-state index in [9.17, 15) is 14.9 Å². The first-order chi connectivity index (χ1) is 20.1. The van der Waals surface area contributed by atoms with Crippen LogP contribution in [0.2, 0.25) is 0 Å². The number of benzene rings is 4. The Kier molecular flexibility index (Phi) is 6.69. The van der Waals surface area contributed by atoms with Crippen molar-refractivity contribution in [2.75, 3.05) is 10.0 Å². The van der Waals surface area contributed by atoms with Crippen molar-refractivity contribution >= 4 is 45.4 Å². The molecule has 0 saturated heterocycles. The molecule has 8 nitrogen and oxygen atoms in total. The average molecular weight is 576 g/mol. The number of carbonyl (C=O) groups excluding carboxylic acids is 1. The molecule has 4 aromatic rings. The summed E-state index contributed by atoms with van der Waals surface area (Å²) in [5.41, 5.74) is 5.42. The van der Waals surface area contributed by atoms with Gasteiger partial charge in [0.2, 0.25) is 4.99 Å². The summed E-state index contributed by atoms with van der Waals surface area (Å²) < 4.78 is 0. The predicted octanol–water partition coefficient (Wildman–Crippen LogP) is 7.43. The Morgan fingerprint density at radius 2 is 1.48 bits per heavy atom. The van der Waals surface area contributed by atoms with Gasteiger partial charge in [-0.05, 0) is 40.9 Å². The fourth-order valence-corrected chi connectivity index (χ4v) is 6.55. The molecule has 6 rings (SSSR count). The average Bonchev–Trinajstić information content (AvgIpc) is 3.39. The standard InChI is InChI=1S/C33H29N5O3S/c1-22(39)31-35-37(28-16-10-11-17-29(28)38(40)41)33(42-31)27-15-9-8-14-26(27)30(34-36(33)25-12-6-5-7-13-25)23-18-20-24(21-19-23)32(2,3)4/h5-21H,1-4H3. The number of nitro groups is 1. The zero-order chi connectivity index (χ0) is 29.6. The van der Waals surface area contributed by atoms with Crippen molar-refractivity contribution < 1.29 is 9.72 Å². The van der Waals surface area contributed by atoms with Gasteiger partial charge in [0.05, 0.1) is 16.3 Å². The molecule has 0 amide bonds. The van der Waals surface area contributed by atoms with Gasteiger partial charge in [0.1, 0.15) is 5.69 Å². The fraction of sp³-hybridized carbons (Fsp3) is 0.182. The van der Waals surface area contributed by atoms with E-state index in [1.165, 1.54) is 30.3 Å². The number of hydrogen-bond acceptors (Lipinski definition) is 8. The third kappa shape index (κ3) is 4.46. The number of Topliss-reactive ketones (excluding diaryl/α,β-unsaturated/α-hetero) is 1. The lowest BCUT2D eigenvalue weighted by Crippen LogP contribution is -2.54. The Morgan fingerprint density at radius 3 is 2.14 bits per heavy atom. The van der Waals surface area contributed by atoms with Gasteiger partial charge in [-0.25, -0.2) is 10.0 Å². The van der Waals surface area contributed by atoms with Gasteiger partial charge in [-0.3, -0.25) is 14.9 Å². The normalized spacial score (nSPS) is 18.0. The van der Waals surface area contributed by atoms with Crippen LogP contribution in [-0.4, -0.2) is 21.5 Å². The number of rotatable bonds is 5. The molecule has 1 atom stereocenters. The van der Waals surface area contributed by atoms with Crippen LogP contribution in [0.1, 0.15) is 49.9 Å². The van der Waals surface area contributed by atoms with E-state index < -0.39 is 9.92 Å². The Bertz CT molecular complexity index is 1760. The van der Waals surface area contributed by atoms with Gasteiger partial charge < -0.3 is 0 Å². The SMILES string of the molecule is CC(=O)C1=NN(c2ccccc2[N+](=O)[O-])C2(S1)c1ccccc1C(c1ccc(C(C)(C)C)cc1)=NN2c1ccccc1. The number of nitrogens with zero attached hydrogens (tertiary/aromatic N) is 5. The molecular weight excluding hydrogens is 546 g/mol. The molecule has 2 aliphatic heterocycles. The largest absolute Gasteiger partial charge is 0.294 e. The van der Waals surface area contributed by atoms with Crippen LogP contribution in [0.5, 0.6) is 0 Å². The lowest BCUT2D eigenvalue weighted by atomic mass is 9.85. The molecule has 0 fully saturated rings. The molecule has 0 saturated carbocycles. The molecule has 0 aliphatic carbocycles. The van der Waals surface area contributed by atoms with Crippen LogP contribution in [0, 0.1) is 10.1 Å². The molecule has 1 spiro atoms. The van der Waals surface area contributed by atoms with E-state index in [-0.39, 0.29) is 27.6 Å². The number of anilines is 2. The maximum atomic E-state index is 12.9. The minimum atomic E-state index is -1.26. The van der Waals surface area contributed by atoms with E-state index in [1.807, 2.05) is 59.6 Å². The van der Waals surface area contributed by atoms with Crippen LogP contribution in [0.15, 0.2) is 113 Å². The predicted molar refractivity (Wildman–Crippen MR) is 169 cm³/mol. The number of hydrazone groups is 2. The van der Waals surface area contributed by atoms with E-state index in [4.69, 9.17) is 10.2 Å². The summed E-state index contributed by atoms with van der Waals surface area (Å²) in [6.45, 7) is 7.99. The van der Waals surface area contributed by atoms with Crippen molar-refractivity contribution in [2.45, 2.75) is 38.1 Å². The number of para-hydroxylation sites is 3. The van der Waals surface area contributed by atoms with Gasteiger partial charge in [-0.1, -0.05) is 99.6 Å². The van der Waals surface area contributed by atoms with E-state index in [1.54, 1.807) is 23.2 Å². The summed E-state index contributed by atoms with van der Waals surface area (Å²) in [7, 11) is 0. The molecule has 0 bridgehead atoms. The molecule has 2 heterocycles.